The molecule has 5 nitrogen and oxygen atoms in total. The number of alkyl halides is 3. The zero-order valence-corrected chi connectivity index (χ0v) is 19.9. The zero-order chi connectivity index (χ0) is 20.0. The molecular formula is C19H30F3IN4OS. The number of thiazole rings is 1. The Morgan fingerprint density at radius 1 is 1.28 bits per heavy atom. The van der Waals surface area contributed by atoms with Crippen LogP contribution in [0.5, 0.6) is 0 Å². The Hall–Kier alpha value is -0.620. The quantitative estimate of drug-likeness (QED) is 0.313. The van der Waals surface area contributed by atoms with E-state index in [1.807, 2.05) is 6.92 Å². The van der Waals surface area contributed by atoms with Gasteiger partial charge in [0.1, 0.15) is 5.01 Å². The molecular weight excluding hydrogens is 516 g/mol. The van der Waals surface area contributed by atoms with Crippen molar-refractivity contribution in [2.24, 2.45) is 10.9 Å². The molecule has 0 aromatic carbocycles. The van der Waals surface area contributed by atoms with Crippen molar-refractivity contribution in [3.63, 3.8) is 0 Å². The third-order valence-corrected chi connectivity index (χ3v) is 6.16. The highest BCUT2D eigenvalue weighted by molar-refractivity contribution is 14.0. The molecule has 0 amide bonds. The molecule has 1 N–H and O–H groups in total. The number of ether oxygens (including phenoxy) is 1. The van der Waals surface area contributed by atoms with Gasteiger partial charge >= 0.3 is 6.18 Å². The van der Waals surface area contributed by atoms with E-state index in [0.717, 1.165) is 61.1 Å². The molecule has 2 fully saturated rings. The summed E-state index contributed by atoms with van der Waals surface area (Å²) in [6, 6.07) is 0. The van der Waals surface area contributed by atoms with Gasteiger partial charge in [0.2, 0.25) is 0 Å². The summed E-state index contributed by atoms with van der Waals surface area (Å²) in [5, 5.41) is 4.66. The second-order valence-corrected chi connectivity index (χ2v) is 8.41. The molecule has 1 aliphatic carbocycles. The fourth-order valence-electron chi connectivity index (χ4n) is 3.77. The largest absolute Gasteiger partial charge is 0.434 e. The first kappa shape index (κ1) is 24.6. The predicted octanol–water partition coefficient (Wildman–Crippen LogP) is 4.92. The number of piperidine rings is 1. The zero-order valence-electron chi connectivity index (χ0n) is 16.7. The monoisotopic (exact) mass is 546 g/mol. The lowest BCUT2D eigenvalue weighted by Gasteiger charge is -2.34. The number of guanidine groups is 1. The van der Waals surface area contributed by atoms with Crippen LogP contribution in [0.25, 0.3) is 0 Å². The van der Waals surface area contributed by atoms with Crippen LogP contribution < -0.4 is 5.32 Å². The highest BCUT2D eigenvalue weighted by Crippen LogP contribution is 2.30. The molecule has 29 heavy (non-hydrogen) atoms. The van der Waals surface area contributed by atoms with Gasteiger partial charge in [-0.05, 0) is 38.5 Å². The van der Waals surface area contributed by atoms with Gasteiger partial charge in [0.15, 0.2) is 11.7 Å². The van der Waals surface area contributed by atoms with Gasteiger partial charge in [-0.25, -0.2) is 9.98 Å². The Labute approximate surface area is 191 Å². The lowest BCUT2D eigenvalue weighted by atomic mass is 10.1. The molecule has 2 heterocycles. The maximum Gasteiger partial charge on any atom is 0.434 e. The van der Waals surface area contributed by atoms with Crippen LogP contribution in [0.3, 0.4) is 0 Å². The molecule has 0 spiro atoms. The number of nitrogens with one attached hydrogen (secondary N) is 1. The molecule has 0 atom stereocenters. The summed E-state index contributed by atoms with van der Waals surface area (Å²) in [6.07, 6.45) is 3.05. The fourth-order valence-corrected chi connectivity index (χ4v) is 4.49. The van der Waals surface area contributed by atoms with Crippen LogP contribution in [0.15, 0.2) is 10.4 Å². The van der Waals surface area contributed by atoms with Gasteiger partial charge < -0.3 is 15.0 Å². The minimum absolute atomic E-state index is 0. The Balaban J connectivity index is 0.00000300. The van der Waals surface area contributed by atoms with Crippen molar-refractivity contribution in [1.82, 2.24) is 15.2 Å². The first-order valence-electron chi connectivity index (χ1n) is 10.1. The summed E-state index contributed by atoms with van der Waals surface area (Å²) in [5.74, 6) is 1.47. The van der Waals surface area contributed by atoms with Gasteiger partial charge in [0, 0.05) is 31.6 Å². The van der Waals surface area contributed by atoms with Crippen molar-refractivity contribution in [3.05, 3.63) is 16.1 Å². The van der Waals surface area contributed by atoms with Crippen molar-refractivity contribution in [2.75, 3.05) is 26.2 Å². The lowest BCUT2D eigenvalue weighted by molar-refractivity contribution is -0.140. The van der Waals surface area contributed by atoms with E-state index >= 15 is 0 Å². The van der Waals surface area contributed by atoms with Crippen LogP contribution in [-0.4, -0.2) is 48.2 Å². The Morgan fingerprint density at radius 2 is 1.97 bits per heavy atom. The van der Waals surface area contributed by atoms with Crippen LogP contribution in [0.1, 0.15) is 56.2 Å². The van der Waals surface area contributed by atoms with Gasteiger partial charge in [0.25, 0.3) is 0 Å². The Bertz CT molecular complexity index is 642. The standard InChI is InChI=1S/C19H29F3N4OS.HI/c1-2-23-18(24-11-17-25-16(13-28-17)19(20,21)22)26-9-7-15(8-10-26)27-12-14-5-3-4-6-14;/h13-15H,2-12H2,1H3,(H,23,24);1H. The van der Waals surface area contributed by atoms with E-state index < -0.39 is 11.9 Å². The minimum Gasteiger partial charge on any atom is -0.378 e. The fraction of sp³-hybridized carbons (Fsp3) is 0.789. The molecule has 1 saturated heterocycles. The van der Waals surface area contributed by atoms with Crippen LogP contribution >= 0.6 is 35.3 Å². The minimum atomic E-state index is -4.40. The van der Waals surface area contributed by atoms with Gasteiger partial charge in [-0.3, -0.25) is 0 Å². The van der Waals surface area contributed by atoms with Gasteiger partial charge in [-0.15, -0.1) is 35.3 Å². The van der Waals surface area contributed by atoms with Crippen molar-refractivity contribution in [1.29, 1.82) is 0 Å². The number of rotatable bonds is 6. The molecule has 0 radical (unpaired) electrons. The summed E-state index contributed by atoms with van der Waals surface area (Å²) in [5.41, 5.74) is -0.840. The van der Waals surface area contributed by atoms with Crippen molar-refractivity contribution >= 4 is 41.3 Å². The maximum absolute atomic E-state index is 12.7. The van der Waals surface area contributed by atoms with E-state index in [9.17, 15) is 13.2 Å². The molecule has 0 unspecified atom stereocenters. The molecule has 1 saturated carbocycles. The van der Waals surface area contributed by atoms with Crippen LogP contribution in [-0.2, 0) is 17.5 Å². The van der Waals surface area contributed by atoms with Gasteiger partial charge in [-0.1, -0.05) is 12.8 Å². The number of likely N-dealkylation sites (tertiary alicyclic amines) is 1. The van der Waals surface area contributed by atoms with E-state index in [1.165, 1.54) is 25.7 Å². The average molecular weight is 546 g/mol. The topological polar surface area (TPSA) is 49.8 Å². The Kier molecular flexibility index (Phi) is 9.93. The molecule has 3 rings (SSSR count). The second-order valence-electron chi connectivity index (χ2n) is 7.46. The molecule has 1 aromatic rings. The van der Waals surface area contributed by atoms with E-state index in [-0.39, 0.29) is 30.5 Å². The first-order chi connectivity index (χ1) is 13.5. The van der Waals surface area contributed by atoms with Crippen LogP contribution in [0.2, 0.25) is 0 Å². The van der Waals surface area contributed by atoms with E-state index in [0.29, 0.717) is 17.7 Å². The third-order valence-electron chi connectivity index (χ3n) is 5.33. The molecule has 1 aromatic heterocycles. The number of aliphatic imine (C=N–C) groups is 1. The number of hydrogen-bond donors (Lipinski definition) is 1. The number of nitrogens with zero attached hydrogens (tertiary/aromatic N) is 3. The molecule has 1 aliphatic heterocycles. The summed E-state index contributed by atoms with van der Waals surface area (Å²) >= 11 is 0.998. The molecule has 2 aliphatic rings. The summed E-state index contributed by atoms with van der Waals surface area (Å²) in [4.78, 5) is 10.3. The number of aromatic nitrogens is 1. The Morgan fingerprint density at radius 3 is 2.55 bits per heavy atom. The highest BCUT2D eigenvalue weighted by Gasteiger charge is 2.33. The third kappa shape index (κ3) is 7.54. The normalized spacial score (nSPS) is 19.4. The SMILES string of the molecule is CCNC(=NCc1nc(C(F)(F)F)cs1)N1CCC(OCC2CCCC2)CC1.I. The molecule has 10 heteroatoms. The van der Waals surface area contributed by atoms with E-state index in [2.05, 4.69) is 20.2 Å². The number of halogens is 4. The van der Waals surface area contributed by atoms with Crippen molar-refractivity contribution in [2.45, 2.75) is 64.3 Å². The van der Waals surface area contributed by atoms with Crippen molar-refractivity contribution in [3.8, 4) is 0 Å². The van der Waals surface area contributed by atoms with E-state index in [1.54, 1.807) is 0 Å². The van der Waals surface area contributed by atoms with Crippen LogP contribution in [0, 0.1) is 5.92 Å². The smallest absolute Gasteiger partial charge is 0.378 e. The summed E-state index contributed by atoms with van der Waals surface area (Å²) in [6.45, 7) is 5.41. The second kappa shape index (κ2) is 11.7. The highest BCUT2D eigenvalue weighted by atomic mass is 127. The first-order valence-corrected chi connectivity index (χ1v) is 11.0. The van der Waals surface area contributed by atoms with Gasteiger partial charge in [-0.2, -0.15) is 13.2 Å². The summed E-state index contributed by atoms with van der Waals surface area (Å²) < 4.78 is 44.2. The lowest BCUT2D eigenvalue weighted by Crippen LogP contribution is -2.47. The van der Waals surface area contributed by atoms with Gasteiger partial charge in [0.05, 0.1) is 12.6 Å². The van der Waals surface area contributed by atoms with Crippen LogP contribution in [0.4, 0.5) is 13.2 Å². The van der Waals surface area contributed by atoms with E-state index in [4.69, 9.17) is 4.74 Å². The average Bonchev–Trinajstić information content (AvgIpc) is 3.35. The van der Waals surface area contributed by atoms with Crippen molar-refractivity contribution < 1.29 is 17.9 Å². The summed E-state index contributed by atoms with van der Waals surface area (Å²) in [7, 11) is 0. The molecule has 166 valence electrons. The maximum atomic E-state index is 12.7. The molecule has 0 bridgehead atoms. The number of hydrogen-bond acceptors (Lipinski definition) is 4. The predicted molar refractivity (Wildman–Crippen MR) is 120 cm³/mol.